The fourth-order valence-corrected chi connectivity index (χ4v) is 11.0. The summed E-state index contributed by atoms with van der Waals surface area (Å²) in [7, 11) is 0. The summed E-state index contributed by atoms with van der Waals surface area (Å²) in [5.41, 5.74) is 7.40. The minimum absolute atomic E-state index is 0.142. The maximum absolute atomic E-state index is 13.4. The molecule has 2 aromatic carbocycles. The lowest BCUT2D eigenvalue weighted by Crippen LogP contribution is -2.09. The van der Waals surface area contributed by atoms with Gasteiger partial charge in [0.1, 0.15) is 0 Å². The monoisotopic (exact) mass is 742 g/mol. The third-order valence-corrected chi connectivity index (χ3v) is 14.1. The van der Waals surface area contributed by atoms with E-state index in [1.54, 1.807) is 76.5 Å². The number of carbonyl (C=O) groups is 4. The van der Waals surface area contributed by atoms with Crippen LogP contribution in [0.2, 0.25) is 0 Å². The molecule has 5 aromatic heterocycles. The summed E-state index contributed by atoms with van der Waals surface area (Å²) < 4.78 is 9.65. The number of hydrogen-bond donors (Lipinski definition) is 0. The van der Waals surface area contributed by atoms with Gasteiger partial charge in [0, 0.05) is 39.5 Å². The van der Waals surface area contributed by atoms with Crippen molar-refractivity contribution in [2.45, 2.75) is 60.5 Å². The molecule has 262 valence electrons. The molecular formula is C43H38N2O4S3. The Kier molecular flexibility index (Phi) is 8.84. The number of benzene rings is 2. The van der Waals surface area contributed by atoms with Crippen LogP contribution in [-0.4, -0.2) is 32.8 Å². The summed E-state index contributed by atoms with van der Waals surface area (Å²) in [6.45, 7) is 12.6. The standard InChI is InChI=1S/C43H38N2O4S3/c1-6-23(3)20-44-33-18-27(16-26(22-46)37(47)29-13-9-8-12-25(29)5)50-40(33)42-35(44)36-43(52-42)41-34(45(36)21-24(4)7-2)19-28(51-41)17-32-38(48)30-14-10-11-15-31(30)39(32)49/h8-19,22-24H,6-7,20-21H2,1-5H3/b26-16+. The maximum Gasteiger partial charge on any atom is 0.197 e. The molecule has 0 fully saturated rings. The number of Topliss-reactive ketones (excluding diaryl/α,β-unsaturated/α-hetero) is 3. The Bertz CT molecular complexity index is 2650. The Hall–Kier alpha value is -4.70. The number of aromatic nitrogens is 2. The Morgan fingerprint density at radius 2 is 1.25 bits per heavy atom. The molecule has 7 aromatic rings. The third kappa shape index (κ3) is 5.49. The van der Waals surface area contributed by atoms with Crippen molar-refractivity contribution in [1.29, 1.82) is 0 Å². The molecule has 0 amide bonds. The number of ketones is 3. The van der Waals surface area contributed by atoms with Gasteiger partial charge in [0.25, 0.3) is 0 Å². The van der Waals surface area contributed by atoms with E-state index in [1.165, 1.54) is 20.4 Å². The van der Waals surface area contributed by atoms with E-state index in [4.69, 9.17) is 0 Å². The van der Waals surface area contributed by atoms with Crippen LogP contribution >= 0.6 is 34.0 Å². The van der Waals surface area contributed by atoms with E-state index in [0.717, 1.165) is 61.7 Å². The number of nitrogens with zero attached hydrogens (tertiary/aromatic N) is 2. The van der Waals surface area contributed by atoms with E-state index in [1.807, 2.05) is 25.1 Å². The van der Waals surface area contributed by atoms with E-state index in [0.29, 0.717) is 34.8 Å². The van der Waals surface area contributed by atoms with Crippen molar-refractivity contribution in [3.05, 3.63) is 104 Å². The summed E-state index contributed by atoms with van der Waals surface area (Å²) in [4.78, 5) is 54.0. The second-order valence-corrected chi connectivity index (χ2v) is 17.2. The van der Waals surface area contributed by atoms with Crippen LogP contribution in [0.15, 0.2) is 71.8 Å². The molecule has 52 heavy (non-hydrogen) atoms. The number of carbonyl (C=O) groups excluding carboxylic acids is 4. The zero-order chi connectivity index (χ0) is 36.4. The van der Waals surface area contributed by atoms with Gasteiger partial charge < -0.3 is 9.13 Å². The summed E-state index contributed by atoms with van der Waals surface area (Å²) in [5, 5.41) is 0. The van der Waals surface area contributed by atoms with Crippen LogP contribution in [0.5, 0.6) is 0 Å². The molecule has 9 heteroatoms. The van der Waals surface area contributed by atoms with Gasteiger partial charge in [-0.15, -0.1) is 34.0 Å². The molecule has 1 aliphatic rings. The summed E-state index contributed by atoms with van der Waals surface area (Å²) >= 11 is 5.05. The Morgan fingerprint density at radius 1 is 0.731 bits per heavy atom. The average molecular weight is 743 g/mol. The van der Waals surface area contributed by atoms with E-state index >= 15 is 0 Å². The van der Waals surface area contributed by atoms with Crippen molar-refractivity contribution in [2.24, 2.45) is 11.8 Å². The molecule has 0 N–H and O–H groups in total. The number of thiophene rings is 3. The van der Waals surface area contributed by atoms with Gasteiger partial charge in [0.2, 0.25) is 0 Å². The fraction of sp³-hybridized carbons (Fsp3) is 0.256. The van der Waals surface area contributed by atoms with Gasteiger partial charge in [-0.05, 0) is 48.6 Å². The lowest BCUT2D eigenvalue weighted by Gasteiger charge is -2.15. The zero-order valence-corrected chi connectivity index (χ0v) is 32.2. The predicted octanol–water partition coefficient (Wildman–Crippen LogP) is 11.4. The van der Waals surface area contributed by atoms with Gasteiger partial charge in [0.05, 0.1) is 52.0 Å². The molecule has 2 unspecified atom stereocenters. The second-order valence-electron chi connectivity index (χ2n) is 14.1. The van der Waals surface area contributed by atoms with Crippen LogP contribution in [0.1, 0.15) is 86.9 Å². The van der Waals surface area contributed by atoms with Crippen molar-refractivity contribution in [3.63, 3.8) is 0 Å². The predicted molar refractivity (Wildman–Crippen MR) is 218 cm³/mol. The first-order chi connectivity index (χ1) is 25.1. The van der Waals surface area contributed by atoms with Crippen molar-refractivity contribution >= 4 is 111 Å². The van der Waals surface area contributed by atoms with Crippen molar-refractivity contribution in [2.75, 3.05) is 0 Å². The summed E-state index contributed by atoms with van der Waals surface area (Å²) in [6.07, 6.45) is 6.27. The smallest absolute Gasteiger partial charge is 0.197 e. The van der Waals surface area contributed by atoms with E-state index in [9.17, 15) is 19.2 Å². The van der Waals surface area contributed by atoms with Gasteiger partial charge in [-0.25, -0.2) is 0 Å². The number of allylic oxidation sites excluding steroid dienone is 2. The highest BCUT2D eigenvalue weighted by Gasteiger charge is 2.33. The Morgan fingerprint density at radius 3 is 1.79 bits per heavy atom. The highest BCUT2D eigenvalue weighted by molar-refractivity contribution is 7.34. The normalized spacial score (nSPS) is 14.7. The molecular weight excluding hydrogens is 705 g/mol. The second kappa shape index (κ2) is 13.4. The van der Waals surface area contributed by atoms with Gasteiger partial charge in [-0.1, -0.05) is 89.1 Å². The largest absolute Gasteiger partial charge is 0.337 e. The third-order valence-electron chi connectivity index (χ3n) is 10.5. The van der Waals surface area contributed by atoms with Crippen LogP contribution in [0.3, 0.4) is 0 Å². The molecule has 0 bridgehead atoms. The summed E-state index contributed by atoms with van der Waals surface area (Å²) in [5.74, 6) is 0.177. The first-order valence-electron chi connectivity index (χ1n) is 17.8. The Balaban J connectivity index is 1.32. The topological polar surface area (TPSA) is 78.1 Å². The highest BCUT2D eigenvalue weighted by atomic mass is 32.1. The lowest BCUT2D eigenvalue weighted by molar-refractivity contribution is -0.104. The molecule has 0 aliphatic heterocycles. The highest BCUT2D eigenvalue weighted by Crippen LogP contribution is 2.50. The molecule has 6 nitrogen and oxygen atoms in total. The minimum atomic E-state index is -0.268. The van der Waals surface area contributed by atoms with Gasteiger partial charge >= 0.3 is 0 Å². The molecule has 1 aliphatic carbocycles. The minimum Gasteiger partial charge on any atom is -0.337 e. The molecule has 2 atom stereocenters. The van der Waals surface area contributed by atoms with Gasteiger partial charge in [-0.2, -0.15) is 0 Å². The van der Waals surface area contributed by atoms with Crippen LogP contribution in [0, 0.1) is 18.8 Å². The van der Waals surface area contributed by atoms with Gasteiger partial charge in [0.15, 0.2) is 23.6 Å². The van der Waals surface area contributed by atoms with E-state index in [-0.39, 0.29) is 28.5 Å². The quantitative estimate of drug-likeness (QED) is 0.0435. The molecule has 0 spiro atoms. The number of aldehydes is 1. The van der Waals surface area contributed by atoms with Crippen molar-refractivity contribution < 1.29 is 19.2 Å². The lowest BCUT2D eigenvalue weighted by atomic mass is 9.99. The van der Waals surface area contributed by atoms with Crippen LogP contribution < -0.4 is 0 Å². The maximum atomic E-state index is 13.4. The molecule has 0 radical (unpaired) electrons. The first-order valence-corrected chi connectivity index (χ1v) is 20.3. The molecule has 8 rings (SSSR count). The van der Waals surface area contributed by atoms with E-state index in [2.05, 4.69) is 49.0 Å². The number of hydrogen-bond acceptors (Lipinski definition) is 7. The molecule has 5 heterocycles. The number of rotatable bonds is 11. The average Bonchev–Trinajstić information content (AvgIpc) is 3.98. The number of fused-ring (bicyclic) bond motifs is 8. The van der Waals surface area contributed by atoms with Crippen LogP contribution in [-0.2, 0) is 17.9 Å². The van der Waals surface area contributed by atoms with E-state index < -0.39 is 0 Å². The zero-order valence-electron chi connectivity index (χ0n) is 29.7. The van der Waals surface area contributed by atoms with Crippen LogP contribution in [0.4, 0.5) is 0 Å². The van der Waals surface area contributed by atoms with Crippen molar-refractivity contribution in [3.8, 4) is 0 Å². The Labute approximate surface area is 313 Å². The number of aryl methyl sites for hydroxylation is 1. The summed E-state index contributed by atoms with van der Waals surface area (Å²) in [6, 6.07) is 18.7. The first kappa shape index (κ1) is 34.4. The van der Waals surface area contributed by atoms with Crippen molar-refractivity contribution in [1.82, 2.24) is 9.13 Å². The SMILES string of the molecule is CCC(C)Cn1c2cc(C=C3C(=O)c4ccccc4C3=O)sc2c2sc3c4sc(/C=C(\C=O)C(=O)c5ccccc5C)cc4n(CC(C)CC)c3c21. The fourth-order valence-electron chi connectivity index (χ4n) is 7.23. The molecule has 0 saturated carbocycles. The van der Waals surface area contributed by atoms with Gasteiger partial charge in [-0.3, -0.25) is 19.2 Å². The molecule has 0 saturated heterocycles. The van der Waals surface area contributed by atoms with Crippen LogP contribution in [0.25, 0.3) is 53.0 Å².